The minimum atomic E-state index is -3.03. The number of hydrogen-bond acceptors (Lipinski definition) is 6. The molecular formula is C26H26FIN6O3S. The molecule has 0 radical (unpaired) electrons. The van der Waals surface area contributed by atoms with E-state index in [1.807, 2.05) is 22.6 Å². The maximum Gasteiger partial charge on any atom is 0.278 e. The average molecular weight is 649 g/mol. The van der Waals surface area contributed by atoms with Crippen LogP contribution in [0.15, 0.2) is 52.1 Å². The Morgan fingerprint density at radius 1 is 1.18 bits per heavy atom. The van der Waals surface area contributed by atoms with Gasteiger partial charge in [0.25, 0.3) is 11.1 Å². The maximum atomic E-state index is 14.8. The van der Waals surface area contributed by atoms with Crippen molar-refractivity contribution in [3.63, 3.8) is 0 Å². The van der Waals surface area contributed by atoms with E-state index in [1.165, 1.54) is 25.9 Å². The highest BCUT2D eigenvalue weighted by Gasteiger charge is 2.30. The summed E-state index contributed by atoms with van der Waals surface area (Å²) in [7, 11) is 0.124. The predicted octanol–water partition coefficient (Wildman–Crippen LogP) is 4.92. The van der Waals surface area contributed by atoms with Crippen molar-refractivity contribution in [2.75, 3.05) is 22.9 Å². The smallest absolute Gasteiger partial charge is 0.278 e. The molecule has 2 aromatic heterocycles. The minimum absolute atomic E-state index is 0.0699. The fraction of sp³-hybridized carbons (Fsp3) is 0.269. The Hall–Kier alpha value is -3.26. The molecule has 198 valence electrons. The van der Waals surface area contributed by atoms with Gasteiger partial charge in [0, 0.05) is 35.0 Å². The van der Waals surface area contributed by atoms with Gasteiger partial charge in [0.1, 0.15) is 21.4 Å². The third-order valence-electron chi connectivity index (χ3n) is 6.77. The van der Waals surface area contributed by atoms with E-state index in [0.29, 0.717) is 26.0 Å². The molecule has 5 rings (SSSR count). The Kier molecular flexibility index (Phi) is 6.58. The third-order valence-corrected chi connectivity index (χ3v) is 8.69. The Balaban J connectivity index is 1.85. The van der Waals surface area contributed by atoms with Crippen LogP contribution in [-0.2, 0) is 17.0 Å². The summed E-state index contributed by atoms with van der Waals surface area (Å²) < 4.78 is 40.1. The van der Waals surface area contributed by atoms with Crippen molar-refractivity contribution in [2.24, 2.45) is 7.05 Å². The number of hydrogen-bond donors (Lipinski definition) is 2. The number of fused-ring (bicyclic) bond motifs is 1. The van der Waals surface area contributed by atoms with Gasteiger partial charge in [0.05, 0.1) is 34.0 Å². The Labute approximate surface area is 232 Å². The second-order valence-corrected chi connectivity index (χ2v) is 12.9. The van der Waals surface area contributed by atoms with Gasteiger partial charge in [-0.25, -0.2) is 18.1 Å². The predicted molar refractivity (Wildman–Crippen MR) is 157 cm³/mol. The van der Waals surface area contributed by atoms with Gasteiger partial charge >= 0.3 is 0 Å². The second kappa shape index (κ2) is 9.49. The van der Waals surface area contributed by atoms with Gasteiger partial charge < -0.3 is 9.88 Å². The number of pyridine rings is 1. The molecule has 2 aromatic carbocycles. The van der Waals surface area contributed by atoms with Crippen molar-refractivity contribution in [3.05, 3.63) is 78.1 Å². The number of aryl methyl sites for hydroxylation is 1. The van der Waals surface area contributed by atoms with Crippen LogP contribution < -0.4 is 20.7 Å². The molecule has 1 aliphatic carbocycles. The Morgan fingerprint density at radius 3 is 2.53 bits per heavy atom. The van der Waals surface area contributed by atoms with E-state index in [0.717, 1.165) is 12.8 Å². The van der Waals surface area contributed by atoms with Crippen molar-refractivity contribution < 1.29 is 8.60 Å². The number of rotatable bonds is 6. The number of benzene rings is 2. The van der Waals surface area contributed by atoms with Gasteiger partial charge in [-0.05, 0) is 72.7 Å². The Morgan fingerprint density at radius 2 is 1.89 bits per heavy atom. The maximum absolute atomic E-state index is 14.8. The van der Waals surface area contributed by atoms with E-state index < -0.39 is 15.7 Å². The highest BCUT2D eigenvalue weighted by atomic mass is 127. The van der Waals surface area contributed by atoms with E-state index in [-0.39, 0.29) is 39.5 Å². The molecule has 38 heavy (non-hydrogen) atoms. The summed E-state index contributed by atoms with van der Waals surface area (Å²) in [4.78, 5) is 27.2. The van der Waals surface area contributed by atoms with E-state index >= 15 is 0 Å². The lowest BCUT2D eigenvalue weighted by atomic mass is 10.0. The van der Waals surface area contributed by atoms with Crippen LogP contribution in [0.3, 0.4) is 0 Å². The molecule has 9 nitrogen and oxygen atoms in total. The monoisotopic (exact) mass is 648 g/mol. The minimum Gasteiger partial charge on any atom is -0.352 e. The number of nitrogens with zero attached hydrogens (tertiary/aromatic N) is 4. The van der Waals surface area contributed by atoms with Crippen LogP contribution in [0.25, 0.3) is 22.2 Å². The molecule has 1 fully saturated rings. The molecular weight excluding hydrogens is 622 g/mol. The number of aromatic nitrogens is 3. The van der Waals surface area contributed by atoms with Crippen LogP contribution in [0.5, 0.6) is 0 Å². The first-order chi connectivity index (χ1) is 17.9. The summed E-state index contributed by atoms with van der Waals surface area (Å²) in [6.07, 6.45) is 2.93. The molecule has 0 spiro atoms. The van der Waals surface area contributed by atoms with Crippen molar-refractivity contribution in [2.45, 2.75) is 25.8 Å². The molecule has 0 amide bonds. The molecule has 2 heterocycles. The molecule has 4 aromatic rings. The largest absolute Gasteiger partial charge is 0.352 e. The molecule has 1 unspecified atom stereocenters. The highest BCUT2D eigenvalue weighted by molar-refractivity contribution is 14.1. The van der Waals surface area contributed by atoms with Crippen LogP contribution >= 0.6 is 22.6 Å². The summed E-state index contributed by atoms with van der Waals surface area (Å²) in [5, 5.41) is 7.97. The van der Waals surface area contributed by atoms with Crippen molar-refractivity contribution in [3.8, 4) is 11.3 Å². The fourth-order valence-corrected chi connectivity index (χ4v) is 5.40. The summed E-state index contributed by atoms with van der Waals surface area (Å²) in [5.41, 5.74) is 1.76. The summed E-state index contributed by atoms with van der Waals surface area (Å²) >= 11 is 2.01. The molecule has 1 saturated carbocycles. The number of anilines is 3. The second-order valence-electron chi connectivity index (χ2n) is 9.52. The topological polar surface area (TPSA) is 113 Å². The van der Waals surface area contributed by atoms with Crippen LogP contribution in [0.4, 0.5) is 21.5 Å². The van der Waals surface area contributed by atoms with Gasteiger partial charge in [0.15, 0.2) is 0 Å². The zero-order chi connectivity index (χ0) is 27.5. The molecule has 2 N–H and O–H groups in total. The zero-order valence-electron chi connectivity index (χ0n) is 21.2. The number of nitrogens with one attached hydrogen (secondary N) is 2. The summed E-state index contributed by atoms with van der Waals surface area (Å²) in [6, 6.07) is 11.6. The summed E-state index contributed by atoms with van der Waals surface area (Å²) in [5.74, 6) is -0.504. The lowest BCUT2D eigenvalue weighted by Gasteiger charge is -2.21. The van der Waals surface area contributed by atoms with Gasteiger partial charge in [-0.3, -0.25) is 13.9 Å². The molecule has 1 atom stereocenters. The van der Waals surface area contributed by atoms with Gasteiger partial charge in [-0.15, -0.1) is 0 Å². The Bertz CT molecular complexity index is 1850. The number of halogens is 2. The van der Waals surface area contributed by atoms with Gasteiger partial charge in [-0.1, -0.05) is 12.1 Å². The van der Waals surface area contributed by atoms with Crippen molar-refractivity contribution in [1.82, 2.24) is 14.3 Å². The quantitative estimate of drug-likeness (QED) is 0.289. The van der Waals surface area contributed by atoms with E-state index in [1.54, 1.807) is 57.4 Å². The van der Waals surface area contributed by atoms with Crippen LogP contribution in [-0.4, -0.2) is 31.9 Å². The molecule has 0 saturated heterocycles. The molecule has 0 bridgehead atoms. The molecule has 12 heteroatoms. The lowest BCUT2D eigenvalue weighted by Crippen LogP contribution is -2.30. The van der Waals surface area contributed by atoms with Crippen LogP contribution in [0.1, 0.15) is 24.4 Å². The standard InChI is InChI=1S/C26H26FIN6O3S/c1-14-22(30-20-11-8-16(28)13-19(20)27)21-24(32(2)25(14)35)23(31-34(26(21)36)17-9-10-17)15-6-5-7-18(12-15)33(3)38(4,29)37/h5-8,11-13,17,29-30H,9-10H2,1-4H3. The highest BCUT2D eigenvalue weighted by Crippen LogP contribution is 2.37. The van der Waals surface area contributed by atoms with Crippen LogP contribution in [0.2, 0.25) is 0 Å². The fourth-order valence-electron chi connectivity index (χ4n) is 4.43. The van der Waals surface area contributed by atoms with Gasteiger partial charge in [0.2, 0.25) is 0 Å². The first kappa shape index (κ1) is 26.4. The molecule has 0 aliphatic heterocycles. The zero-order valence-corrected chi connectivity index (χ0v) is 24.2. The SMILES string of the molecule is Cc1c(Nc2ccc(I)cc2F)c2c(=O)n(C3CC3)nc(-c3cccc(N(C)S(C)(=N)=O)c3)c2n(C)c1=O. The third kappa shape index (κ3) is 4.59. The lowest BCUT2D eigenvalue weighted by molar-refractivity contribution is 0.607. The van der Waals surface area contributed by atoms with E-state index in [4.69, 9.17) is 9.88 Å². The average Bonchev–Trinajstić information content (AvgIpc) is 3.71. The van der Waals surface area contributed by atoms with E-state index in [9.17, 15) is 18.2 Å². The first-order valence-corrected chi connectivity index (χ1v) is 14.8. The van der Waals surface area contributed by atoms with Gasteiger partial charge in [-0.2, -0.15) is 5.10 Å². The molecule has 1 aliphatic rings. The van der Waals surface area contributed by atoms with Crippen LogP contribution in [0, 0.1) is 21.1 Å². The first-order valence-electron chi connectivity index (χ1n) is 11.8. The normalized spacial score (nSPS) is 14.9. The van der Waals surface area contributed by atoms with E-state index in [2.05, 4.69) is 5.32 Å². The summed E-state index contributed by atoms with van der Waals surface area (Å²) in [6.45, 7) is 1.61. The van der Waals surface area contributed by atoms with Crippen molar-refractivity contribution in [1.29, 1.82) is 4.78 Å². The van der Waals surface area contributed by atoms with Crippen molar-refractivity contribution >= 4 is 60.5 Å².